The fraction of sp³-hybridized carbons (Fsp3) is 0.550. The van der Waals surface area contributed by atoms with Crippen molar-refractivity contribution < 1.29 is 32.3 Å². The van der Waals surface area contributed by atoms with Gasteiger partial charge in [-0.15, -0.1) is 13.2 Å². The number of nitrogens with zero attached hydrogens (tertiary/aromatic N) is 1. The van der Waals surface area contributed by atoms with Gasteiger partial charge < -0.3 is 15.4 Å². The minimum Gasteiger partial charge on any atom is -0.405 e. The molecule has 1 aromatic rings. The third-order valence-electron chi connectivity index (χ3n) is 5.96. The number of urea groups is 1. The van der Waals surface area contributed by atoms with Crippen molar-refractivity contribution >= 4 is 17.8 Å². The third kappa shape index (κ3) is 4.22. The first-order chi connectivity index (χ1) is 14.0. The molecule has 0 radical (unpaired) electrons. The molecule has 2 unspecified atom stereocenters. The highest BCUT2D eigenvalue weighted by molar-refractivity contribution is 6.09. The number of hydrogen-bond donors (Lipinski definition) is 2. The van der Waals surface area contributed by atoms with E-state index < -0.39 is 42.0 Å². The Morgan fingerprint density at radius 2 is 1.87 bits per heavy atom. The van der Waals surface area contributed by atoms with Gasteiger partial charge in [-0.05, 0) is 30.7 Å². The Balaban J connectivity index is 1.65. The summed E-state index contributed by atoms with van der Waals surface area (Å²) in [6.45, 7) is 3.07. The second-order valence-electron chi connectivity index (χ2n) is 7.86. The van der Waals surface area contributed by atoms with Gasteiger partial charge >= 0.3 is 12.4 Å². The van der Waals surface area contributed by atoms with Crippen LogP contribution in [0.1, 0.15) is 38.7 Å². The van der Waals surface area contributed by atoms with Crippen molar-refractivity contribution in [1.82, 2.24) is 15.5 Å². The highest BCUT2D eigenvalue weighted by atomic mass is 19.4. The van der Waals surface area contributed by atoms with E-state index in [1.54, 1.807) is 0 Å². The van der Waals surface area contributed by atoms with Gasteiger partial charge in [-0.1, -0.05) is 38.5 Å². The van der Waals surface area contributed by atoms with Crippen LogP contribution in [0.15, 0.2) is 24.3 Å². The molecule has 1 saturated heterocycles. The second-order valence-corrected chi connectivity index (χ2v) is 7.86. The topological polar surface area (TPSA) is 87.7 Å². The number of amides is 4. The molecule has 1 aliphatic heterocycles. The van der Waals surface area contributed by atoms with Crippen LogP contribution in [0.5, 0.6) is 5.75 Å². The van der Waals surface area contributed by atoms with Crippen molar-refractivity contribution in [1.29, 1.82) is 0 Å². The molecule has 10 heteroatoms. The monoisotopic (exact) mass is 427 g/mol. The quantitative estimate of drug-likeness (QED) is 0.708. The van der Waals surface area contributed by atoms with E-state index in [-0.39, 0.29) is 23.9 Å². The number of rotatable bonds is 5. The average molecular weight is 427 g/mol. The van der Waals surface area contributed by atoms with E-state index in [1.807, 2.05) is 13.8 Å². The Bertz CT molecular complexity index is 833. The van der Waals surface area contributed by atoms with E-state index in [0.29, 0.717) is 0 Å². The number of para-hydroxylation sites is 1. The van der Waals surface area contributed by atoms with Crippen molar-refractivity contribution in [2.75, 3.05) is 6.54 Å². The zero-order valence-corrected chi connectivity index (χ0v) is 16.7. The molecule has 30 heavy (non-hydrogen) atoms. The van der Waals surface area contributed by atoms with Crippen LogP contribution in [-0.2, 0) is 16.1 Å². The molecule has 2 aliphatic rings. The number of alkyl halides is 3. The number of halogens is 3. The molecule has 0 aromatic heterocycles. The summed E-state index contributed by atoms with van der Waals surface area (Å²) in [7, 11) is 0. The molecule has 3 rings (SSSR count). The van der Waals surface area contributed by atoms with Crippen LogP contribution in [-0.4, -0.2) is 41.2 Å². The summed E-state index contributed by atoms with van der Waals surface area (Å²) in [5.41, 5.74) is -0.894. The summed E-state index contributed by atoms with van der Waals surface area (Å²) < 4.78 is 41.5. The zero-order valence-electron chi connectivity index (χ0n) is 16.7. The smallest absolute Gasteiger partial charge is 0.405 e. The van der Waals surface area contributed by atoms with E-state index in [0.717, 1.165) is 30.2 Å². The summed E-state index contributed by atoms with van der Waals surface area (Å²) >= 11 is 0. The van der Waals surface area contributed by atoms with E-state index in [4.69, 9.17) is 0 Å². The lowest BCUT2D eigenvalue weighted by atomic mass is 9.67. The Labute approximate surface area is 171 Å². The average Bonchev–Trinajstić information content (AvgIpc) is 2.90. The molecule has 1 aromatic carbocycles. The number of carbonyl (C=O) groups is 3. The van der Waals surface area contributed by atoms with Crippen molar-refractivity contribution in [3.05, 3.63) is 29.8 Å². The Morgan fingerprint density at radius 3 is 2.50 bits per heavy atom. The molecule has 1 aliphatic carbocycles. The van der Waals surface area contributed by atoms with Crippen LogP contribution < -0.4 is 15.4 Å². The van der Waals surface area contributed by atoms with Gasteiger partial charge in [0.15, 0.2) is 0 Å². The fourth-order valence-corrected chi connectivity index (χ4v) is 4.36. The molecule has 1 heterocycles. The first-order valence-corrected chi connectivity index (χ1v) is 9.79. The molecular formula is C20H24F3N3O4. The van der Waals surface area contributed by atoms with Crippen molar-refractivity contribution in [2.45, 2.75) is 51.6 Å². The number of nitrogens with one attached hydrogen (secondary N) is 2. The van der Waals surface area contributed by atoms with Crippen LogP contribution in [0.25, 0.3) is 0 Å². The van der Waals surface area contributed by atoms with E-state index in [1.165, 1.54) is 18.2 Å². The van der Waals surface area contributed by atoms with Crippen molar-refractivity contribution in [2.24, 2.45) is 11.8 Å². The zero-order chi connectivity index (χ0) is 22.1. The lowest BCUT2D eigenvalue weighted by molar-refractivity contribution is -0.274. The lowest BCUT2D eigenvalue weighted by Crippen LogP contribution is -2.59. The van der Waals surface area contributed by atoms with Crippen molar-refractivity contribution in [3.8, 4) is 5.75 Å². The molecule has 2 fully saturated rings. The molecule has 2 N–H and O–H groups in total. The number of carbonyl (C=O) groups excluding carboxylic acids is 3. The number of benzene rings is 1. The van der Waals surface area contributed by atoms with Gasteiger partial charge in [0.2, 0.25) is 5.91 Å². The molecular weight excluding hydrogens is 403 g/mol. The molecule has 0 bridgehead atoms. The van der Waals surface area contributed by atoms with Gasteiger partial charge in [0.05, 0.1) is 0 Å². The summed E-state index contributed by atoms with van der Waals surface area (Å²) in [4.78, 5) is 38.7. The highest BCUT2D eigenvalue weighted by Crippen LogP contribution is 2.42. The van der Waals surface area contributed by atoms with E-state index in [2.05, 4.69) is 15.4 Å². The molecule has 2 atom stereocenters. The highest BCUT2D eigenvalue weighted by Gasteiger charge is 2.58. The van der Waals surface area contributed by atoms with E-state index in [9.17, 15) is 27.6 Å². The molecule has 164 valence electrons. The lowest BCUT2D eigenvalue weighted by Gasteiger charge is -2.42. The maximum atomic E-state index is 13.1. The van der Waals surface area contributed by atoms with Crippen molar-refractivity contribution in [3.63, 3.8) is 0 Å². The normalized spacial score (nSPS) is 26.6. The van der Waals surface area contributed by atoms with Gasteiger partial charge in [-0.2, -0.15) is 0 Å². The minimum atomic E-state index is -4.86. The number of imide groups is 1. The molecule has 1 spiro atoms. The maximum absolute atomic E-state index is 13.1. The molecule has 1 saturated carbocycles. The maximum Gasteiger partial charge on any atom is 0.573 e. The van der Waals surface area contributed by atoms with Gasteiger partial charge in [0.1, 0.15) is 17.8 Å². The van der Waals surface area contributed by atoms with Crippen LogP contribution in [0, 0.1) is 11.8 Å². The predicted molar refractivity (Wildman–Crippen MR) is 100 cm³/mol. The van der Waals surface area contributed by atoms with E-state index >= 15 is 0 Å². The van der Waals surface area contributed by atoms with Gasteiger partial charge in [0, 0.05) is 12.1 Å². The van der Waals surface area contributed by atoms with Gasteiger partial charge in [-0.3, -0.25) is 14.5 Å². The van der Waals surface area contributed by atoms with Crippen LogP contribution in [0.3, 0.4) is 0 Å². The molecule has 7 nitrogen and oxygen atoms in total. The number of ether oxygens (including phenoxy) is 1. The first-order valence-electron chi connectivity index (χ1n) is 9.79. The Morgan fingerprint density at radius 1 is 1.23 bits per heavy atom. The second kappa shape index (κ2) is 8.16. The summed E-state index contributed by atoms with van der Waals surface area (Å²) in [5, 5.41) is 5.24. The predicted octanol–water partition coefficient (Wildman–Crippen LogP) is 2.95. The van der Waals surface area contributed by atoms with Crippen LogP contribution in [0.4, 0.5) is 18.0 Å². The first kappa shape index (κ1) is 21.9. The molecule has 4 amide bonds. The Hall–Kier alpha value is -2.78. The van der Waals surface area contributed by atoms with Crippen LogP contribution >= 0.6 is 0 Å². The van der Waals surface area contributed by atoms with Crippen LogP contribution in [0.2, 0.25) is 0 Å². The van der Waals surface area contributed by atoms with Gasteiger partial charge in [0.25, 0.3) is 5.91 Å². The SMILES string of the molecule is CC1CCCC(C)C12NC(=O)N(CC(=O)NCc1ccccc1OC(F)(F)F)C2=O. The number of hydrogen-bond acceptors (Lipinski definition) is 4. The minimum absolute atomic E-state index is 0.0582. The third-order valence-corrected chi connectivity index (χ3v) is 5.96. The fourth-order valence-electron chi connectivity index (χ4n) is 4.36. The summed E-state index contributed by atoms with van der Waals surface area (Å²) in [5.74, 6) is -1.63. The Kier molecular flexibility index (Phi) is 5.96. The van der Waals surface area contributed by atoms with Gasteiger partial charge in [-0.25, -0.2) is 4.79 Å². The summed E-state index contributed by atoms with van der Waals surface area (Å²) in [6, 6.07) is 4.79. The standard InChI is InChI=1S/C20H24F3N3O4/c1-12-6-5-7-13(2)19(12)17(28)26(18(29)25-19)11-16(27)24-10-14-8-3-4-9-15(14)30-20(21,22)23/h3-4,8-9,12-13H,5-7,10-11H2,1-2H3,(H,24,27)(H,25,29). The largest absolute Gasteiger partial charge is 0.573 e. The summed E-state index contributed by atoms with van der Waals surface area (Å²) in [6.07, 6.45) is -2.30.